The number of rotatable bonds is 1. The van der Waals surface area contributed by atoms with Gasteiger partial charge in [-0.15, -0.1) is 0 Å². The zero-order chi connectivity index (χ0) is 9.97. The van der Waals surface area contributed by atoms with Crippen molar-refractivity contribution >= 4 is 0 Å². The van der Waals surface area contributed by atoms with Crippen molar-refractivity contribution in [2.45, 2.75) is 33.1 Å². The summed E-state index contributed by atoms with van der Waals surface area (Å²) in [6, 6.07) is 0. The number of aliphatic hydroxyl groups excluding tert-OH is 1. The second-order valence-corrected chi connectivity index (χ2v) is 5.51. The third-order valence-corrected chi connectivity index (χ3v) is 5.23. The molecular formula is C13H18O. The number of allylic oxidation sites excluding steroid dienone is 4. The molecule has 2 saturated carbocycles. The third kappa shape index (κ3) is 0.661. The van der Waals surface area contributed by atoms with Crippen molar-refractivity contribution in [3.63, 3.8) is 0 Å². The summed E-state index contributed by atoms with van der Waals surface area (Å²) in [5.74, 6) is 0.631. The Balaban J connectivity index is 2.20. The van der Waals surface area contributed by atoms with Gasteiger partial charge in [-0.1, -0.05) is 26.0 Å². The molecule has 3 rings (SSSR count). The van der Waals surface area contributed by atoms with Crippen molar-refractivity contribution in [3.05, 3.63) is 23.3 Å². The van der Waals surface area contributed by atoms with Crippen LogP contribution in [0.2, 0.25) is 0 Å². The predicted octanol–water partition coefficient (Wildman–Crippen LogP) is 2.67. The molecule has 1 nitrogen and oxygen atoms in total. The molecule has 0 radical (unpaired) electrons. The first-order valence-corrected chi connectivity index (χ1v) is 5.65. The Morgan fingerprint density at radius 3 is 2.86 bits per heavy atom. The minimum absolute atomic E-state index is 0.116. The highest BCUT2D eigenvalue weighted by Gasteiger charge is 2.63. The fourth-order valence-electron chi connectivity index (χ4n) is 4.05. The molecule has 0 amide bonds. The summed E-state index contributed by atoms with van der Waals surface area (Å²) in [5, 5.41) is 9.67. The molecule has 1 unspecified atom stereocenters. The molecule has 0 aliphatic heterocycles. The van der Waals surface area contributed by atoms with Gasteiger partial charge in [-0.25, -0.2) is 0 Å². The molecular weight excluding hydrogens is 172 g/mol. The van der Waals surface area contributed by atoms with Gasteiger partial charge in [-0.2, -0.15) is 0 Å². The van der Waals surface area contributed by atoms with Crippen LogP contribution >= 0.6 is 0 Å². The summed E-state index contributed by atoms with van der Waals surface area (Å²) >= 11 is 0. The van der Waals surface area contributed by atoms with Crippen LogP contribution in [0.25, 0.3) is 0 Å². The number of aliphatic hydroxyl groups is 1. The fraction of sp³-hybridized carbons (Fsp3) is 0.692. The average Bonchev–Trinajstić information content (AvgIpc) is 2.77. The summed E-state index contributed by atoms with van der Waals surface area (Å²) in [6.45, 7) is 4.95. The number of fused-ring (bicyclic) bond motifs is 5. The van der Waals surface area contributed by atoms with Gasteiger partial charge in [0.2, 0.25) is 0 Å². The van der Waals surface area contributed by atoms with Gasteiger partial charge in [-0.3, -0.25) is 0 Å². The molecule has 2 bridgehead atoms. The predicted molar refractivity (Wildman–Crippen MR) is 56.8 cm³/mol. The quantitative estimate of drug-likeness (QED) is 0.674. The van der Waals surface area contributed by atoms with E-state index in [2.05, 4.69) is 26.0 Å². The maximum atomic E-state index is 9.67. The lowest BCUT2D eigenvalue weighted by atomic mass is 9.68. The van der Waals surface area contributed by atoms with E-state index in [1.54, 1.807) is 11.1 Å². The summed E-state index contributed by atoms with van der Waals surface area (Å²) in [6.07, 6.45) is 8.41. The lowest BCUT2D eigenvalue weighted by Crippen LogP contribution is -2.35. The maximum Gasteiger partial charge on any atom is 0.0499 e. The minimum atomic E-state index is 0.116. The van der Waals surface area contributed by atoms with Gasteiger partial charge in [0.05, 0.1) is 0 Å². The van der Waals surface area contributed by atoms with E-state index in [1.165, 1.54) is 12.8 Å². The van der Waals surface area contributed by atoms with Crippen molar-refractivity contribution in [3.8, 4) is 0 Å². The van der Waals surface area contributed by atoms with Gasteiger partial charge in [-0.05, 0) is 36.3 Å². The molecule has 2 fully saturated rings. The van der Waals surface area contributed by atoms with Crippen LogP contribution < -0.4 is 0 Å². The molecule has 3 aliphatic carbocycles. The molecule has 3 atom stereocenters. The van der Waals surface area contributed by atoms with Crippen LogP contribution in [0.5, 0.6) is 0 Å². The lowest BCUT2D eigenvalue weighted by molar-refractivity contribution is 0.0593. The first kappa shape index (κ1) is 8.72. The minimum Gasteiger partial charge on any atom is -0.396 e. The standard InChI is InChI=1S/C13H18O/c1-12-7-6-11(13(12,2)8-14)9-4-3-5-10(9)12/h4-5,11,14H,3,6-8H2,1-2H3/t11-,12+,13?/m0/s1. The zero-order valence-electron chi connectivity index (χ0n) is 9.01. The fourth-order valence-corrected chi connectivity index (χ4v) is 4.05. The van der Waals surface area contributed by atoms with Gasteiger partial charge in [0.1, 0.15) is 0 Å². The highest BCUT2D eigenvalue weighted by molar-refractivity contribution is 5.53. The van der Waals surface area contributed by atoms with Crippen LogP contribution in [-0.4, -0.2) is 11.7 Å². The van der Waals surface area contributed by atoms with Crippen LogP contribution in [0, 0.1) is 16.7 Å². The lowest BCUT2D eigenvalue weighted by Gasteiger charge is -2.36. The van der Waals surface area contributed by atoms with E-state index in [0.717, 1.165) is 6.42 Å². The van der Waals surface area contributed by atoms with E-state index in [9.17, 15) is 5.11 Å². The molecule has 1 heteroatoms. The van der Waals surface area contributed by atoms with E-state index >= 15 is 0 Å². The Morgan fingerprint density at radius 1 is 1.43 bits per heavy atom. The summed E-state index contributed by atoms with van der Waals surface area (Å²) in [7, 11) is 0. The van der Waals surface area contributed by atoms with Crippen LogP contribution in [0.3, 0.4) is 0 Å². The second-order valence-electron chi connectivity index (χ2n) is 5.51. The van der Waals surface area contributed by atoms with Crippen molar-refractivity contribution in [1.29, 1.82) is 0 Å². The Hall–Kier alpha value is -0.560. The molecule has 0 heterocycles. The molecule has 0 saturated heterocycles. The van der Waals surface area contributed by atoms with E-state index < -0.39 is 0 Å². The Labute approximate surface area is 85.5 Å². The first-order chi connectivity index (χ1) is 6.63. The van der Waals surface area contributed by atoms with Crippen molar-refractivity contribution in [2.24, 2.45) is 16.7 Å². The van der Waals surface area contributed by atoms with Crippen LogP contribution in [0.15, 0.2) is 23.3 Å². The Bertz CT molecular complexity index is 352. The molecule has 0 aromatic rings. The zero-order valence-corrected chi connectivity index (χ0v) is 9.01. The van der Waals surface area contributed by atoms with Gasteiger partial charge in [0, 0.05) is 17.4 Å². The molecule has 3 aliphatic rings. The van der Waals surface area contributed by atoms with Crippen LogP contribution in [0.1, 0.15) is 33.1 Å². The number of hydrogen-bond acceptors (Lipinski definition) is 1. The van der Waals surface area contributed by atoms with Crippen LogP contribution in [0.4, 0.5) is 0 Å². The summed E-state index contributed by atoms with van der Waals surface area (Å²) in [4.78, 5) is 0. The molecule has 76 valence electrons. The summed E-state index contributed by atoms with van der Waals surface area (Å²) < 4.78 is 0. The van der Waals surface area contributed by atoms with E-state index in [4.69, 9.17) is 0 Å². The van der Waals surface area contributed by atoms with Crippen molar-refractivity contribution in [2.75, 3.05) is 6.61 Å². The molecule has 0 aromatic heterocycles. The van der Waals surface area contributed by atoms with Gasteiger partial charge in [0.25, 0.3) is 0 Å². The van der Waals surface area contributed by atoms with Gasteiger partial charge >= 0.3 is 0 Å². The molecule has 1 N–H and O–H groups in total. The SMILES string of the molecule is CC1(CO)[C@H]2CC[C@]1(C)C1=CCC=C12. The third-order valence-electron chi connectivity index (χ3n) is 5.23. The normalized spacial score (nSPS) is 49.2. The molecule has 14 heavy (non-hydrogen) atoms. The van der Waals surface area contributed by atoms with Gasteiger partial charge < -0.3 is 5.11 Å². The summed E-state index contributed by atoms with van der Waals surface area (Å²) in [5.41, 5.74) is 3.50. The van der Waals surface area contributed by atoms with Gasteiger partial charge in [0.15, 0.2) is 0 Å². The largest absolute Gasteiger partial charge is 0.396 e. The Kier molecular flexibility index (Phi) is 1.45. The van der Waals surface area contributed by atoms with Crippen LogP contribution in [-0.2, 0) is 0 Å². The Morgan fingerprint density at radius 2 is 2.21 bits per heavy atom. The second kappa shape index (κ2) is 2.33. The smallest absolute Gasteiger partial charge is 0.0499 e. The highest BCUT2D eigenvalue weighted by Crippen LogP contribution is 2.71. The van der Waals surface area contributed by atoms with E-state index in [1.807, 2.05) is 0 Å². The first-order valence-electron chi connectivity index (χ1n) is 5.65. The monoisotopic (exact) mass is 190 g/mol. The van der Waals surface area contributed by atoms with Crippen molar-refractivity contribution < 1.29 is 5.11 Å². The average molecular weight is 190 g/mol. The number of hydrogen-bond donors (Lipinski definition) is 1. The maximum absolute atomic E-state index is 9.67. The van der Waals surface area contributed by atoms with Crippen molar-refractivity contribution in [1.82, 2.24) is 0 Å². The molecule has 0 aromatic carbocycles. The topological polar surface area (TPSA) is 20.2 Å². The highest BCUT2D eigenvalue weighted by atomic mass is 16.3. The molecule has 0 spiro atoms. The van der Waals surface area contributed by atoms with E-state index in [-0.39, 0.29) is 10.8 Å². The van der Waals surface area contributed by atoms with E-state index in [0.29, 0.717) is 12.5 Å².